The Bertz CT molecular complexity index is 1440. The van der Waals surface area contributed by atoms with Crippen LogP contribution in [0.25, 0.3) is 16.6 Å². The number of carbonyl (C=O) groups is 2. The predicted octanol–water partition coefficient (Wildman–Crippen LogP) is 3.23. The number of ether oxygens (including phenoxy) is 2. The summed E-state index contributed by atoms with van der Waals surface area (Å²) in [5.41, 5.74) is 0.229. The van der Waals surface area contributed by atoms with Crippen molar-refractivity contribution in [3.8, 4) is 11.5 Å². The summed E-state index contributed by atoms with van der Waals surface area (Å²) < 4.78 is 11.0. The first-order chi connectivity index (χ1) is 14.8. The number of esters is 1. The van der Waals surface area contributed by atoms with Crippen LogP contribution in [0.4, 0.5) is 0 Å². The molecule has 0 unspecified atom stereocenters. The highest BCUT2D eigenvalue weighted by atomic mass is 35.5. The van der Waals surface area contributed by atoms with Crippen molar-refractivity contribution in [1.29, 1.82) is 0 Å². The first kappa shape index (κ1) is 20.4. The number of carbonyl (C=O) groups excluding carboxylic acids is 2. The molecule has 4 rings (SSSR count). The van der Waals surface area contributed by atoms with Crippen LogP contribution in [0.5, 0.6) is 11.5 Å². The fraction of sp³-hybridized carbons (Fsp3) is 0.0909. The van der Waals surface area contributed by atoms with Crippen molar-refractivity contribution in [2.45, 2.75) is 0 Å². The number of pyridine rings is 1. The molecule has 1 N–H and O–H groups in total. The third-order valence-electron chi connectivity index (χ3n) is 4.80. The Hall–Kier alpha value is -3.91. The van der Waals surface area contributed by atoms with Crippen LogP contribution in [0.3, 0.4) is 0 Å². The van der Waals surface area contributed by atoms with Crippen LogP contribution in [0.15, 0.2) is 53.5 Å². The highest BCUT2D eigenvalue weighted by molar-refractivity contribution is 6.34. The summed E-state index contributed by atoms with van der Waals surface area (Å²) >= 11 is 6.34. The number of halogens is 1. The third-order valence-corrected chi connectivity index (χ3v) is 5.08. The number of hydrogen-bond acceptors (Lipinski definition) is 7. The van der Waals surface area contributed by atoms with E-state index in [2.05, 4.69) is 4.98 Å². The van der Waals surface area contributed by atoms with Gasteiger partial charge in [0, 0.05) is 11.8 Å². The number of nitrogens with zero attached hydrogens (tertiary/aromatic N) is 2. The lowest BCUT2D eigenvalue weighted by Gasteiger charge is -2.10. The van der Waals surface area contributed by atoms with Crippen molar-refractivity contribution >= 4 is 39.9 Å². The Balaban J connectivity index is 1.91. The Morgan fingerprint density at radius 2 is 1.84 bits per heavy atom. The fourth-order valence-electron chi connectivity index (χ4n) is 3.21. The number of rotatable bonds is 4. The van der Waals surface area contributed by atoms with E-state index in [-0.39, 0.29) is 44.0 Å². The summed E-state index contributed by atoms with van der Waals surface area (Å²) in [5.74, 6) is -0.956. The Labute approximate surface area is 180 Å². The van der Waals surface area contributed by atoms with Gasteiger partial charge in [0.05, 0.1) is 41.3 Å². The quantitative estimate of drug-likeness (QED) is 0.296. The van der Waals surface area contributed by atoms with Gasteiger partial charge in [0.1, 0.15) is 11.5 Å². The second-order valence-corrected chi connectivity index (χ2v) is 7.03. The van der Waals surface area contributed by atoms with Gasteiger partial charge in [0.2, 0.25) is 0 Å². The molecule has 0 saturated carbocycles. The molecule has 0 bridgehead atoms. The zero-order valence-corrected chi connectivity index (χ0v) is 17.1. The fourth-order valence-corrected chi connectivity index (χ4v) is 3.46. The van der Waals surface area contributed by atoms with Crippen molar-refractivity contribution in [3.05, 3.63) is 80.7 Å². The van der Waals surface area contributed by atoms with Gasteiger partial charge in [-0.3, -0.25) is 14.0 Å². The van der Waals surface area contributed by atoms with E-state index in [1.54, 1.807) is 0 Å². The van der Waals surface area contributed by atoms with Gasteiger partial charge in [0.15, 0.2) is 11.4 Å². The first-order valence-electron chi connectivity index (χ1n) is 8.99. The number of ketones is 1. The van der Waals surface area contributed by atoms with Gasteiger partial charge in [-0.15, -0.1) is 0 Å². The Morgan fingerprint density at radius 3 is 2.55 bits per heavy atom. The largest absolute Gasteiger partial charge is 0.507 e. The molecule has 2 aromatic heterocycles. The van der Waals surface area contributed by atoms with Gasteiger partial charge in [-0.05, 0) is 42.5 Å². The number of fused-ring (bicyclic) bond motifs is 2. The van der Waals surface area contributed by atoms with Gasteiger partial charge in [0.25, 0.3) is 5.56 Å². The SMILES string of the molecule is COC(=O)c1ccc2c(=O)n3cc(C(=O)c4cc(OC)ccc4O)cc(Cl)c3nc2c1. The van der Waals surface area contributed by atoms with Gasteiger partial charge < -0.3 is 14.6 Å². The molecule has 0 fully saturated rings. The smallest absolute Gasteiger partial charge is 0.337 e. The number of benzene rings is 2. The molecule has 156 valence electrons. The lowest BCUT2D eigenvalue weighted by Crippen LogP contribution is -2.18. The van der Waals surface area contributed by atoms with E-state index in [4.69, 9.17) is 21.1 Å². The number of phenols is 1. The molecular weight excluding hydrogens is 424 g/mol. The van der Waals surface area contributed by atoms with Crippen LogP contribution in [-0.4, -0.2) is 40.5 Å². The van der Waals surface area contributed by atoms with Gasteiger partial charge in [-0.25, -0.2) is 9.78 Å². The van der Waals surface area contributed by atoms with Crippen molar-refractivity contribution in [2.75, 3.05) is 14.2 Å². The van der Waals surface area contributed by atoms with Crippen LogP contribution in [-0.2, 0) is 4.74 Å². The molecule has 8 nitrogen and oxygen atoms in total. The molecule has 0 atom stereocenters. The van der Waals surface area contributed by atoms with Crippen LogP contribution >= 0.6 is 11.6 Å². The number of hydrogen-bond donors (Lipinski definition) is 1. The average molecular weight is 439 g/mol. The first-order valence-corrected chi connectivity index (χ1v) is 9.37. The maximum absolute atomic E-state index is 13.0. The molecule has 0 aliphatic heterocycles. The van der Waals surface area contributed by atoms with Crippen LogP contribution in [0, 0.1) is 0 Å². The van der Waals surface area contributed by atoms with Crippen LogP contribution < -0.4 is 10.3 Å². The zero-order valence-electron chi connectivity index (χ0n) is 16.4. The second kappa shape index (κ2) is 7.73. The Kier molecular flexibility index (Phi) is 5.08. The van der Waals surface area contributed by atoms with Gasteiger partial charge in [-0.1, -0.05) is 11.6 Å². The third kappa shape index (κ3) is 3.47. The molecule has 31 heavy (non-hydrogen) atoms. The minimum atomic E-state index is -0.561. The lowest BCUT2D eigenvalue weighted by atomic mass is 10.0. The zero-order chi connectivity index (χ0) is 22.3. The van der Waals surface area contributed by atoms with Gasteiger partial charge >= 0.3 is 5.97 Å². The van der Waals surface area contributed by atoms with Gasteiger partial charge in [-0.2, -0.15) is 0 Å². The summed E-state index contributed by atoms with van der Waals surface area (Å²) in [7, 11) is 2.69. The van der Waals surface area contributed by atoms with Crippen molar-refractivity contribution in [2.24, 2.45) is 0 Å². The second-order valence-electron chi connectivity index (χ2n) is 6.62. The molecule has 0 spiro atoms. The molecular formula is C22H15ClN2O6. The topological polar surface area (TPSA) is 107 Å². The number of aromatic hydroxyl groups is 1. The van der Waals surface area contributed by atoms with Crippen molar-refractivity contribution in [3.63, 3.8) is 0 Å². The van der Waals surface area contributed by atoms with Crippen molar-refractivity contribution in [1.82, 2.24) is 9.38 Å². The van der Waals surface area contributed by atoms with E-state index in [9.17, 15) is 19.5 Å². The standard InChI is InChI=1S/C22H15ClN2O6/c1-30-13-4-6-18(26)15(9-13)19(27)12-7-16(23)20-24-17-8-11(22(29)31-2)3-5-14(17)21(28)25(20)10-12/h3-10,26H,1-2H3. The highest BCUT2D eigenvalue weighted by Gasteiger charge is 2.19. The average Bonchev–Trinajstić information content (AvgIpc) is 2.78. The van der Waals surface area contributed by atoms with E-state index >= 15 is 0 Å². The summed E-state index contributed by atoms with van der Waals surface area (Å²) in [6.45, 7) is 0. The maximum Gasteiger partial charge on any atom is 0.337 e. The highest BCUT2D eigenvalue weighted by Crippen LogP contribution is 2.27. The minimum absolute atomic E-state index is 0.000663. The molecule has 0 aliphatic carbocycles. The van der Waals surface area contributed by atoms with E-state index in [1.165, 1.54) is 62.9 Å². The molecule has 2 aromatic carbocycles. The van der Waals surface area contributed by atoms with E-state index < -0.39 is 17.3 Å². The molecule has 2 heterocycles. The van der Waals surface area contributed by atoms with E-state index in [0.717, 1.165) is 4.40 Å². The predicted molar refractivity (Wildman–Crippen MR) is 113 cm³/mol. The van der Waals surface area contributed by atoms with Crippen LogP contribution in [0.1, 0.15) is 26.3 Å². The van der Waals surface area contributed by atoms with Crippen LogP contribution in [0.2, 0.25) is 5.02 Å². The summed E-state index contributed by atoms with van der Waals surface area (Å²) in [4.78, 5) is 42.2. The Morgan fingerprint density at radius 1 is 1.06 bits per heavy atom. The van der Waals surface area contributed by atoms with Crippen molar-refractivity contribution < 1.29 is 24.2 Å². The molecule has 9 heteroatoms. The maximum atomic E-state index is 13.0. The molecule has 0 saturated heterocycles. The summed E-state index contributed by atoms with van der Waals surface area (Å²) in [6.07, 6.45) is 1.31. The normalized spacial score (nSPS) is 10.9. The number of methoxy groups -OCH3 is 2. The number of aromatic nitrogens is 2. The molecule has 0 radical (unpaired) electrons. The lowest BCUT2D eigenvalue weighted by molar-refractivity contribution is 0.0600. The monoisotopic (exact) mass is 438 g/mol. The summed E-state index contributed by atoms with van der Waals surface area (Å²) in [5, 5.41) is 10.4. The van der Waals surface area contributed by atoms with E-state index in [1.807, 2.05) is 0 Å². The molecule has 4 aromatic rings. The number of phenolic OH excluding ortho intramolecular Hbond substituents is 1. The minimum Gasteiger partial charge on any atom is -0.507 e. The molecule has 0 aliphatic rings. The summed E-state index contributed by atoms with van der Waals surface area (Å²) in [6, 6.07) is 9.96. The van der Waals surface area contributed by atoms with E-state index in [0.29, 0.717) is 5.75 Å². The molecule has 0 amide bonds.